The number of carboxylic acid groups (broad SMARTS) is 1. The molecular weight excluding hydrogens is 267 g/mol. The summed E-state index contributed by atoms with van der Waals surface area (Å²) in [5.74, 6) is 0. The van der Waals surface area contributed by atoms with Crippen LogP contribution in [0.3, 0.4) is 0 Å². The number of alkyl carbamates (subject to hydrolysis) is 1. The zero-order valence-corrected chi connectivity index (χ0v) is 10.7. The first-order chi connectivity index (χ1) is 9.56. The maximum absolute atomic E-state index is 13.5. The predicted octanol–water partition coefficient (Wildman–Crippen LogP) is 1.61. The van der Waals surface area contributed by atoms with Crippen LogP contribution in [0, 0.1) is 0 Å². The largest absolute Gasteiger partial charge is 0.465 e. The number of hydrogen-bond acceptors (Lipinski definition) is 3. The van der Waals surface area contributed by atoms with Crippen LogP contribution in [0.25, 0.3) is 0 Å². The molecule has 2 amide bonds. The predicted molar refractivity (Wildman–Crippen MR) is 68.0 cm³/mol. The van der Waals surface area contributed by atoms with E-state index >= 15 is 0 Å². The number of nitrogens with zero attached hydrogens (tertiary/aromatic N) is 1. The number of nitrogens with one attached hydrogen (secondary N) is 1. The van der Waals surface area contributed by atoms with E-state index in [1.165, 1.54) is 0 Å². The molecule has 1 fully saturated rings. The lowest BCUT2D eigenvalue weighted by Gasteiger charge is -2.14. The van der Waals surface area contributed by atoms with Crippen LogP contribution < -0.4 is 5.32 Å². The molecule has 1 heterocycles. The maximum Gasteiger partial charge on any atom is 0.407 e. The highest BCUT2D eigenvalue weighted by molar-refractivity contribution is 5.69. The fraction of sp³-hybridized carbons (Fsp3) is 0.385. The van der Waals surface area contributed by atoms with Gasteiger partial charge in [0.15, 0.2) is 0 Å². The number of benzene rings is 1. The van der Waals surface area contributed by atoms with Gasteiger partial charge in [0.05, 0.1) is 12.6 Å². The number of carbonyl (C=O) groups excluding carboxylic acids is 1. The van der Waals surface area contributed by atoms with Crippen molar-refractivity contribution in [3.8, 4) is 0 Å². The number of likely N-dealkylation sites (tertiary alicyclic amines) is 1. The smallest absolute Gasteiger partial charge is 0.407 e. The molecule has 1 saturated heterocycles. The van der Waals surface area contributed by atoms with E-state index in [0.717, 1.165) is 10.5 Å². The summed E-state index contributed by atoms with van der Waals surface area (Å²) in [6, 6.07) is 8.21. The van der Waals surface area contributed by atoms with Crippen LogP contribution in [0.1, 0.15) is 5.56 Å². The third-order valence-electron chi connectivity index (χ3n) is 3.04. The van der Waals surface area contributed by atoms with E-state index in [0.29, 0.717) is 0 Å². The first-order valence-electron chi connectivity index (χ1n) is 6.15. The Bertz CT molecular complexity index is 483. The first kappa shape index (κ1) is 14.1. The second kappa shape index (κ2) is 6.23. The van der Waals surface area contributed by atoms with Crippen molar-refractivity contribution in [1.82, 2.24) is 10.2 Å². The van der Waals surface area contributed by atoms with Gasteiger partial charge in [0.2, 0.25) is 0 Å². The summed E-state index contributed by atoms with van der Waals surface area (Å²) in [5.41, 5.74) is 0.818. The van der Waals surface area contributed by atoms with Crippen molar-refractivity contribution >= 4 is 12.2 Å². The lowest BCUT2D eigenvalue weighted by Crippen LogP contribution is -2.41. The minimum absolute atomic E-state index is 0.0725. The maximum atomic E-state index is 13.5. The van der Waals surface area contributed by atoms with Gasteiger partial charge in [-0.25, -0.2) is 14.0 Å². The molecule has 0 aliphatic carbocycles. The van der Waals surface area contributed by atoms with Gasteiger partial charge in [-0.2, -0.15) is 0 Å². The average Bonchev–Trinajstić information content (AvgIpc) is 2.79. The first-order valence-corrected chi connectivity index (χ1v) is 6.15. The van der Waals surface area contributed by atoms with Gasteiger partial charge < -0.3 is 20.1 Å². The van der Waals surface area contributed by atoms with E-state index < -0.39 is 24.4 Å². The molecule has 1 aliphatic rings. The van der Waals surface area contributed by atoms with Crippen LogP contribution in [0.5, 0.6) is 0 Å². The van der Waals surface area contributed by atoms with Crippen molar-refractivity contribution in [1.29, 1.82) is 0 Å². The molecule has 0 spiro atoms. The molecule has 2 N–H and O–H groups in total. The Morgan fingerprint density at radius 3 is 2.65 bits per heavy atom. The normalized spacial score (nSPS) is 21.6. The van der Waals surface area contributed by atoms with Gasteiger partial charge in [-0.1, -0.05) is 30.3 Å². The minimum Gasteiger partial charge on any atom is -0.465 e. The number of halogens is 1. The Balaban J connectivity index is 1.79. The van der Waals surface area contributed by atoms with Crippen LogP contribution in [0.4, 0.5) is 14.0 Å². The second-order valence-electron chi connectivity index (χ2n) is 4.52. The molecule has 108 valence electrons. The number of alkyl halides is 1. The Labute approximate surface area is 115 Å². The molecule has 0 radical (unpaired) electrons. The summed E-state index contributed by atoms with van der Waals surface area (Å²) in [7, 11) is 0. The summed E-state index contributed by atoms with van der Waals surface area (Å²) in [5, 5.41) is 11.1. The molecule has 2 rings (SSSR count). The van der Waals surface area contributed by atoms with Gasteiger partial charge in [0, 0.05) is 6.54 Å². The number of ether oxygens (including phenoxy) is 1. The van der Waals surface area contributed by atoms with E-state index in [1.807, 2.05) is 18.2 Å². The van der Waals surface area contributed by atoms with Crippen LogP contribution >= 0.6 is 0 Å². The molecular formula is C13H15FN2O4. The van der Waals surface area contributed by atoms with E-state index in [9.17, 15) is 14.0 Å². The lowest BCUT2D eigenvalue weighted by molar-refractivity contribution is 0.131. The molecule has 0 aromatic heterocycles. The summed E-state index contributed by atoms with van der Waals surface area (Å²) < 4.78 is 18.5. The van der Waals surface area contributed by atoms with E-state index in [2.05, 4.69) is 5.32 Å². The SMILES string of the molecule is O=C(N[C@@H]1CN(C(=O)O)C[C@H]1F)OCc1ccccc1. The van der Waals surface area contributed by atoms with E-state index in [-0.39, 0.29) is 19.7 Å². The molecule has 0 bridgehead atoms. The highest BCUT2D eigenvalue weighted by Gasteiger charge is 2.36. The molecule has 20 heavy (non-hydrogen) atoms. The van der Waals surface area contributed by atoms with Crippen molar-refractivity contribution < 1.29 is 23.8 Å². The van der Waals surface area contributed by atoms with Gasteiger partial charge in [0.1, 0.15) is 12.8 Å². The molecule has 1 aromatic carbocycles. The Kier molecular flexibility index (Phi) is 4.39. The zero-order valence-electron chi connectivity index (χ0n) is 10.7. The minimum atomic E-state index is -1.42. The van der Waals surface area contributed by atoms with Crippen LogP contribution in [0.15, 0.2) is 30.3 Å². The molecule has 6 nitrogen and oxygen atoms in total. The quantitative estimate of drug-likeness (QED) is 0.883. The Morgan fingerprint density at radius 2 is 2.05 bits per heavy atom. The summed E-state index contributed by atoms with van der Waals surface area (Å²) in [6.07, 6.45) is -3.38. The fourth-order valence-corrected chi connectivity index (χ4v) is 1.97. The van der Waals surface area contributed by atoms with E-state index in [1.54, 1.807) is 12.1 Å². The second-order valence-corrected chi connectivity index (χ2v) is 4.52. The molecule has 0 saturated carbocycles. The Morgan fingerprint density at radius 1 is 1.35 bits per heavy atom. The number of rotatable bonds is 3. The highest BCUT2D eigenvalue weighted by Crippen LogP contribution is 2.14. The number of hydrogen-bond donors (Lipinski definition) is 2. The van der Waals surface area contributed by atoms with Crippen molar-refractivity contribution in [2.75, 3.05) is 13.1 Å². The monoisotopic (exact) mass is 282 g/mol. The highest BCUT2D eigenvalue weighted by atomic mass is 19.1. The summed E-state index contributed by atoms with van der Waals surface area (Å²) in [4.78, 5) is 23.2. The van der Waals surface area contributed by atoms with Crippen LogP contribution in [-0.2, 0) is 11.3 Å². The topological polar surface area (TPSA) is 78.9 Å². The third-order valence-corrected chi connectivity index (χ3v) is 3.04. The average molecular weight is 282 g/mol. The molecule has 7 heteroatoms. The van der Waals surface area contributed by atoms with Crippen LogP contribution in [-0.4, -0.2) is 47.5 Å². The zero-order chi connectivity index (χ0) is 14.5. The number of carbonyl (C=O) groups is 2. The van der Waals surface area contributed by atoms with Crippen LogP contribution in [0.2, 0.25) is 0 Å². The van der Waals surface area contributed by atoms with Gasteiger partial charge in [-0.3, -0.25) is 0 Å². The molecule has 0 unspecified atom stereocenters. The number of amides is 2. The van der Waals surface area contributed by atoms with Gasteiger partial charge in [-0.05, 0) is 5.56 Å². The van der Waals surface area contributed by atoms with Gasteiger partial charge in [0.25, 0.3) is 0 Å². The van der Waals surface area contributed by atoms with Crippen molar-refractivity contribution in [3.63, 3.8) is 0 Å². The van der Waals surface area contributed by atoms with Gasteiger partial charge in [-0.15, -0.1) is 0 Å². The summed E-state index contributed by atoms with van der Waals surface area (Å²) >= 11 is 0. The van der Waals surface area contributed by atoms with Crippen molar-refractivity contribution in [3.05, 3.63) is 35.9 Å². The molecule has 2 atom stereocenters. The lowest BCUT2D eigenvalue weighted by atomic mass is 10.2. The van der Waals surface area contributed by atoms with Crippen molar-refractivity contribution in [2.45, 2.75) is 18.8 Å². The van der Waals surface area contributed by atoms with E-state index in [4.69, 9.17) is 9.84 Å². The summed E-state index contributed by atoms with van der Waals surface area (Å²) in [6.45, 7) is -0.227. The third kappa shape index (κ3) is 3.59. The van der Waals surface area contributed by atoms with Gasteiger partial charge >= 0.3 is 12.2 Å². The standard InChI is InChI=1S/C13H15FN2O4/c14-10-6-16(13(18)19)7-11(10)15-12(17)20-8-9-4-2-1-3-5-9/h1-5,10-11H,6-8H2,(H,15,17)(H,18,19)/t10-,11-/m1/s1. The molecule has 1 aromatic rings. The fourth-order valence-electron chi connectivity index (χ4n) is 1.97. The Hall–Kier alpha value is -2.31. The van der Waals surface area contributed by atoms with Crippen molar-refractivity contribution in [2.24, 2.45) is 0 Å². The molecule has 1 aliphatic heterocycles.